The predicted octanol–water partition coefficient (Wildman–Crippen LogP) is 3.13. The molecule has 104 valence electrons. The molecule has 1 aliphatic rings. The highest BCUT2D eigenvalue weighted by molar-refractivity contribution is 7.05. The Balaban J connectivity index is 1.84. The summed E-state index contributed by atoms with van der Waals surface area (Å²) in [6.07, 6.45) is 2.73. The number of aromatic nitrogens is 2. The Labute approximate surface area is 121 Å². The third kappa shape index (κ3) is 2.72. The number of aryl methyl sites for hydroxylation is 1. The van der Waals surface area contributed by atoms with E-state index in [0.717, 1.165) is 29.8 Å². The molecule has 0 spiro atoms. The van der Waals surface area contributed by atoms with Crippen LogP contribution in [0.15, 0.2) is 24.3 Å². The second kappa shape index (κ2) is 5.32. The Hall–Kier alpha value is -1.75. The zero-order chi connectivity index (χ0) is 14.1. The van der Waals surface area contributed by atoms with Crippen LogP contribution < -0.4 is 0 Å². The number of aliphatic carboxylic acids is 1. The maximum absolute atomic E-state index is 11.5. The Bertz CT molecular complexity index is 634. The van der Waals surface area contributed by atoms with Gasteiger partial charge in [0, 0.05) is 5.92 Å². The molecule has 1 aromatic heterocycles. The molecule has 2 aromatic rings. The van der Waals surface area contributed by atoms with Crippen molar-refractivity contribution in [2.75, 3.05) is 0 Å². The zero-order valence-corrected chi connectivity index (χ0v) is 12.1. The molecule has 0 radical (unpaired) electrons. The quantitative estimate of drug-likeness (QED) is 0.918. The summed E-state index contributed by atoms with van der Waals surface area (Å²) in [6.45, 7) is 2.00. The van der Waals surface area contributed by atoms with Gasteiger partial charge in [0.1, 0.15) is 16.7 Å². The van der Waals surface area contributed by atoms with Crippen molar-refractivity contribution in [3.8, 4) is 0 Å². The number of hydrogen-bond donors (Lipinski definition) is 1. The van der Waals surface area contributed by atoms with Crippen molar-refractivity contribution in [2.45, 2.75) is 38.0 Å². The number of nitrogens with zero attached hydrogens (tertiary/aromatic N) is 2. The van der Waals surface area contributed by atoms with Crippen LogP contribution in [0.2, 0.25) is 0 Å². The summed E-state index contributed by atoms with van der Waals surface area (Å²) in [6, 6.07) is 7.89. The van der Waals surface area contributed by atoms with Crippen LogP contribution in [0, 0.1) is 6.92 Å². The van der Waals surface area contributed by atoms with Gasteiger partial charge in [0.25, 0.3) is 0 Å². The van der Waals surface area contributed by atoms with Crippen LogP contribution in [0.5, 0.6) is 0 Å². The third-order valence-corrected chi connectivity index (χ3v) is 4.52. The minimum absolute atomic E-state index is 0.466. The molecule has 1 aromatic carbocycles. The van der Waals surface area contributed by atoms with Crippen molar-refractivity contribution < 1.29 is 9.90 Å². The molecule has 5 heteroatoms. The zero-order valence-electron chi connectivity index (χ0n) is 11.2. The molecule has 0 bridgehead atoms. The van der Waals surface area contributed by atoms with E-state index in [0.29, 0.717) is 17.3 Å². The lowest BCUT2D eigenvalue weighted by atomic mass is 9.96. The van der Waals surface area contributed by atoms with E-state index in [9.17, 15) is 9.90 Å². The normalized spacial score (nSPS) is 16.1. The van der Waals surface area contributed by atoms with Gasteiger partial charge in [-0.05, 0) is 48.8 Å². The summed E-state index contributed by atoms with van der Waals surface area (Å²) in [5.74, 6) is -0.123. The van der Waals surface area contributed by atoms with Gasteiger partial charge in [-0.1, -0.05) is 24.3 Å². The van der Waals surface area contributed by atoms with E-state index in [-0.39, 0.29) is 0 Å². The molecule has 0 saturated heterocycles. The highest BCUT2D eigenvalue weighted by Gasteiger charge is 2.31. The van der Waals surface area contributed by atoms with E-state index >= 15 is 0 Å². The predicted molar refractivity (Wildman–Crippen MR) is 77.1 cm³/mol. The third-order valence-electron chi connectivity index (χ3n) is 3.68. The first-order valence-electron chi connectivity index (χ1n) is 6.76. The van der Waals surface area contributed by atoms with Crippen molar-refractivity contribution in [1.29, 1.82) is 0 Å². The molecule has 3 rings (SSSR count). The smallest absolute Gasteiger partial charge is 0.313 e. The topological polar surface area (TPSA) is 63.1 Å². The van der Waals surface area contributed by atoms with Crippen LogP contribution in [0.4, 0.5) is 0 Å². The van der Waals surface area contributed by atoms with Gasteiger partial charge in [-0.15, -0.1) is 0 Å². The summed E-state index contributed by atoms with van der Waals surface area (Å²) >= 11 is 1.24. The number of carboxylic acid groups (broad SMARTS) is 1. The van der Waals surface area contributed by atoms with E-state index in [1.54, 1.807) is 0 Å². The van der Waals surface area contributed by atoms with Gasteiger partial charge in [-0.25, -0.2) is 4.98 Å². The Morgan fingerprint density at radius 3 is 2.85 bits per heavy atom. The van der Waals surface area contributed by atoms with E-state index < -0.39 is 11.9 Å². The van der Waals surface area contributed by atoms with E-state index in [4.69, 9.17) is 0 Å². The standard InChI is InChI=1S/C15H16N2O2S/c1-9-4-2-3-5-11(9)8-12(15(18)19)14-16-13(17-20-14)10-6-7-10/h2-5,10,12H,6-8H2,1H3,(H,18,19). The van der Waals surface area contributed by atoms with Crippen molar-refractivity contribution in [3.05, 3.63) is 46.2 Å². The molecule has 20 heavy (non-hydrogen) atoms. The van der Waals surface area contributed by atoms with Crippen LogP contribution in [-0.4, -0.2) is 20.4 Å². The maximum Gasteiger partial charge on any atom is 0.313 e. The number of benzene rings is 1. The fraction of sp³-hybridized carbons (Fsp3) is 0.400. The van der Waals surface area contributed by atoms with Crippen molar-refractivity contribution >= 4 is 17.5 Å². The molecule has 1 fully saturated rings. The number of carboxylic acids is 1. The van der Waals surface area contributed by atoms with Crippen LogP contribution in [0.1, 0.15) is 46.6 Å². The van der Waals surface area contributed by atoms with Crippen LogP contribution >= 0.6 is 11.5 Å². The van der Waals surface area contributed by atoms with Crippen LogP contribution in [0.3, 0.4) is 0 Å². The van der Waals surface area contributed by atoms with Crippen molar-refractivity contribution in [1.82, 2.24) is 9.36 Å². The van der Waals surface area contributed by atoms with Gasteiger partial charge in [-0.2, -0.15) is 4.37 Å². The Morgan fingerprint density at radius 1 is 1.45 bits per heavy atom. The van der Waals surface area contributed by atoms with Crippen LogP contribution in [-0.2, 0) is 11.2 Å². The Morgan fingerprint density at radius 2 is 2.20 bits per heavy atom. The van der Waals surface area contributed by atoms with Gasteiger partial charge in [0.2, 0.25) is 0 Å². The molecule has 0 aliphatic heterocycles. The lowest BCUT2D eigenvalue weighted by molar-refractivity contribution is -0.138. The van der Waals surface area contributed by atoms with Gasteiger partial charge in [0.05, 0.1) is 0 Å². The number of rotatable bonds is 5. The average Bonchev–Trinajstić information content (AvgIpc) is 3.16. The van der Waals surface area contributed by atoms with Crippen molar-refractivity contribution in [2.24, 2.45) is 0 Å². The first-order valence-corrected chi connectivity index (χ1v) is 7.53. The maximum atomic E-state index is 11.5. The van der Waals surface area contributed by atoms with E-state index in [1.807, 2.05) is 31.2 Å². The minimum Gasteiger partial charge on any atom is -0.481 e. The molecular weight excluding hydrogens is 272 g/mol. The average molecular weight is 288 g/mol. The summed E-state index contributed by atoms with van der Waals surface area (Å²) in [5, 5.41) is 10.1. The number of carbonyl (C=O) groups is 1. The fourth-order valence-corrected chi connectivity index (χ4v) is 3.06. The van der Waals surface area contributed by atoms with Crippen LogP contribution in [0.25, 0.3) is 0 Å². The summed E-state index contributed by atoms with van der Waals surface area (Å²) in [7, 11) is 0. The molecule has 1 N–H and O–H groups in total. The highest BCUT2D eigenvalue weighted by atomic mass is 32.1. The van der Waals surface area contributed by atoms with E-state index in [1.165, 1.54) is 11.5 Å². The minimum atomic E-state index is -0.827. The van der Waals surface area contributed by atoms with Gasteiger partial charge < -0.3 is 5.11 Å². The molecule has 0 amide bonds. The number of hydrogen-bond acceptors (Lipinski definition) is 4. The first kappa shape index (κ1) is 13.2. The van der Waals surface area contributed by atoms with Crippen molar-refractivity contribution in [3.63, 3.8) is 0 Å². The summed E-state index contributed by atoms with van der Waals surface area (Å²) in [4.78, 5) is 16.0. The SMILES string of the molecule is Cc1ccccc1CC(C(=O)O)c1nc(C2CC2)ns1. The molecule has 1 atom stereocenters. The summed E-state index contributed by atoms with van der Waals surface area (Å²) < 4.78 is 4.31. The lowest BCUT2D eigenvalue weighted by Gasteiger charge is -2.11. The van der Waals surface area contributed by atoms with Gasteiger partial charge in [-0.3, -0.25) is 4.79 Å². The van der Waals surface area contributed by atoms with E-state index in [2.05, 4.69) is 9.36 Å². The fourth-order valence-electron chi connectivity index (χ4n) is 2.24. The van der Waals surface area contributed by atoms with Gasteiger partial charge in [0.15, 0.2) is 0 Å². The Kier molecular flexibility index (Phi) is 3.53. The largest absolute Gasteiger partial charge is 0.481 e. The molecular formula is C15H16N2O2S. The molecule has 1 aliphatic carbocycles. The highest BCUT2D eigenvalue weighted by Crippen LogP contribution is 2.39. The second-order valence-electron chi connectivity index (χ2n) is 5.29. The second-order valence-corrected chi connectivity index (χ2v) is 6.07. The first-order chi connectivity index (χ1) is 9.65. The van der Waals surface area contributed by atoms with Gasteiger partial charge >= 0.3 is 5.97 Å². The molecule has 1 unspecified atom stereocenters. The molecule has 1 heterocycles. The lowest BCUT2D eigenvalue weighted by Crippen LogP contribution is -2.15. The molecule has 4 nitrogen and oxygen atoms in total. The molecule has 1 saturated carbocycles. The monoisotopic (exact) mass is 288 g/mol. The summed E-state index contributed by atoms with van der Waals surface area (Å²) in [5.41, 5.74) is 2.17.